The molecule has 0 bridgehead atoms. The number of imidazole rings is 1. The molecule has 2 heterocycles. The van der Waals surface area contributed by atoms with E-state index in [0.29, 0.717) is 0 Å². The molecule has 0 aliphatic carbocycles. The van der Waals surface area contributed by atoms with Crippen LogP contribution in [0.2, 0.25) is 0 Å². The maximum atomic E-state index is 14.3. The Morgan fingerprint density at radius 3 is 2.45 bits per heavy atom. The van der Waals surface area contributed by atoms with E-state index in [1.54, 1.807) is 13.0 Å². The van der Waals surface area contributed by atoms with Crippen molar-refractivity contribution >= 4 is 17.1 Å². The minimum Gasteiger partial charge on any atom is -0.464 e. The summed E-state index contributed by atoms with van der Waals surface area (Å²) in [5.74, 6) is -1.67. The maximum absolute atomic E-state index is 14.3. The van der Waals surface area contributed by atoms with E-state index in [9.17, 15) is 23.2 Å². The van der Waals surface area contributed by atoms with Gasteiger partial charge in [-0.3, -0.25) is 9.36 Å². The summed E-state index contributed by atoms with van der Waals surface area (Å²) in [7, 11) is 0. The van der Waals surface area contributed by atoms with Gasteiger partial charge in [0.25, 0.3) is 5.56 Å². The Hall–Kier alpha value is -4.08. The summed E-state index contributed by atoms with van der Waals surface area (Å²) >= 11 is 0. The Kier molecular flexibility index (Phi) is 5.91. The van der Waals surface area contributed by atoms with Gasteiger partial charge in [0.05, 0.1) is 25.2 Å². The zero-order chi connectivity index (χ0) is 23.7. The molecule has 0 radical (unpaired) electrons. The molecule has 1 atom stereocenters. The fraction of sp³-hybridized carbons (Fsp3) is 0.217. The van der Waals surface area contributed by atoms with Crippen LogP contribution < -0.4 is 11.2 Å². The van der Waals surface area contributed by atoms with Crippen LogP contribution in [0.5, 0.6) is 0 Å². The molecule has 2 aromatic heterocycles. The molecule has 33 heavy (non-hydrogen) atoms. The number of aromatic nitrogens is 4. The molecule has 10 heteroatoms. The third-order valence-electron chi connectivity index (χ3n) is 5.27. The van der Waals surface area contributed by atoms with Gasteiger partial charge in [0.15, 0.2) is 11.2 Å². The predicted molar refractivity (Wildman–Crippen MR) is 116 cm³/mol. The van der Waals surface area contributed by atoms with E-state index in [1.165, 1.54) is 48.1 Å². The van der Waals surface area contributed by atoms with Gasteiger partial charge in [0.2, 0.25) is 0 Å². The highest BCUT2D eigenvalue weighted by atomic mass is 19.1. The summed E-state index contributed by atoms with van der Waals surface area (Å²) in [6.45, 7) is 2.99. The van der Waals surface area contributed by atoms with E-state index in [-0.39, 0.29) is 35.6 Å². The lowest BCUT2D eigenvalue weighted by atomic mass is 10.2. The average Bonchev–Trinajstić information content (AvgIpc) is 3.23. The predicted octanol–water partition coefficient (Wildman–Crippen LogP) is 2.80. The zero-order valence-electron chi connectivity index (χ0n) is 17.9. The Bertz CT molecular complexity index is 1450. The second-order valence-corrected chi connectivity index (χ2v) is 7.33. The first-order valence-electron chi connectivity index (χ1n) is 10.2. The van der Waals surface area contributed by atoms with Crippen LogP contribution in [0.3, 0.4) is 0 Å². The van der Waals surface area contributed by atoms with Crippen LogP contribution in [0, 0.1) is 11.6 Å². The molecule has 0 unspecified atom stereocenters. The number of hydrogen-bond acceptors (Lipinski definition) is 5. The van der Waals surface area contributed by atoms with Gasteiger partial charge in [0.1, 0.15) is 17.7 Å². The number of esters is 1. The second-order valence-electron chi connectivity index (χ2n) is 7.33. The first-order chi connectivity index (χ1) is 15.8. The molecule has 0 spiro atoms. The normalized spacial score (nSPS) is 12.1. The lowest BCUT2D eigenvalue weighted by Gasteiger charge is -2.15. The van der Waals surface area contributed by atoms with Crippen molar-refractivity contribution < 1.29 is 18.3 Å². The first kappa shape index (κ1) is 22.1. The largest absolute Gasteiger partial charge is 0.464 e. The maximum Gasteiger partial charge on any atom is 0.337 e. The SMILES string of the molecule is CCOC(=O)[C@@H](C)n1cnc2c1c(=O)n(Cc1ccccc1F)c(=O)n2-c1ccc(F)cc1. The van der Waals surface area contributed by atoms with Crippen molar-refractivity contribution in [1.82, 2.24) is 18.7 Å². The Labute approximate surface area is 186 Å². The molecule has 4 aromatic rings. The summed E-state index contributed by atoms with van der Waals surface area (Å²) in [6, 6.07) is 9.92. The topological polar surface area (TPSA) is 88.1 Å². The van der Waals surface area contributed by atoms with Crippen LogP contribution in [-0.2, 0) is 16.1 Å². The summed E-state index contributed by atoms with van der Waals surface area (Å²) in [5.41, 5.74) is -1.20. The summed E-state index contributed by atoms with van der Waals surface area (Å²) < 4.78 is 36.2. The van der Waals surface area contributed by atoms with Crippen LogP contribution in [0.15, 0.2) is 64.4 Å². The number of rotatable bonds is 6. The van der Waals surface area contributed by atoms with E-state index >= 15 is 0 Å². The number of hydrogen-bond donors (Lipinski definition) is 0. The number of nitrogens with zero attached hydrogens (tertiary/aromatic N) is 4. The summed E-state index contributed by atoms with van der Waals surface area (Å²) in [4.78, 5) is 43.4. The quantitative estimate of drug-likeness (QED) is 0.418. The van der Waals surface area contributed by atoms with Crippen molar-refractivity contribution in [1.29, 1.82) is 0 Å². The molecular weight excluding hydrogens is 434 g/mol. The van der Waals surface area contributed by atoms with Crippen LogP contribution in [0.1, 0.15) is 25.5 Å². The van der Waals surface area contributed by atoms with Gasteiger partial charge in [0, 0.05) is 5.56 Å². The van der Waals surface area contributed by atoms with Crippen molar-refractivity contribution in [2.45, 2.75) is 26.4 Å². The van der Waals surface area contributed by atoms with E-state index < -0.39 is 34.9 Å². The molecular formula is C23H20F2N4O4. The third kappa shape index (κ3) is 3.95. The zero-order valence-corrected chi connectivity index (χ0v) is 17.9. The molecule has 0 aliphatic heterocycles. The van der Waals surface area contributed by atoms with Gasteiger partial charge in [-0.05, 0) is 44.2 Å². The number of benzene rings is 2. The molecule has 0 N–H and O–H groups in total. The fourth-order valence-corrected chi connectivity index (χ4v) is 3.58. The van der Waals surface area contributed by atoms with Crippen molar-refractivity contribution in [2.75, 3.05) is 6.61 Å². The molecule has 0 fully saturated rings. The van der Waals surface area contributed by atoms with Crippen LogP contribution in [0.4, 0.5) is 8.78 Å². The second kappa shape index (κ2) is 8.81. The lowest BCUT2D eigenvalue weighted by molar-refractivity contribution is -0.146. The Morgan fingerprint density at radius 1 is 1.09 bits per heavy atom. The van der Waals surface area contributed by atoms with Crippen molar-refractivity contribution in [2.24, 2.45) is 0 Å². The molecule has 0 saturated heterocycles. The van der Waals surface area contributed by atoms with Gasteiger partial charge in [-0.2, -0.15) is 0 Å². The number of ether oxygens (including phenoxy) is 1. The highest BCUT2D eigenvalue weighted by molar-refractivity contribution is 5.79. The van der Waals surface area contributed by atoms with Crippen molar-refractivity contribution in [3.05, 3.63) is 92.9 Å². The number of halogens is 2. The lowest BCUT2D eigenvalue weighted by Crippen LogP contribution is -2.40. The van der Waals surface area contributed by atoms with Crippen molar-refractivity contribution in [3.63, 3.8) is 0 Å². The highest BCUT2D eigenvalue weighted by Crippen LogP contribution is 2.18. The van der Waals surface area contributed by atoms with Crippen LogP contribution in [-0.4, -0.2) is 31.3 Å². The Balaban J connectivity index is 2.02. The fourth-order valence-electron chi connectivity index (χ4n) is 3.58. The number of carbonyl (C=O) groups is 1. The minimum atomic E-state index is -0.913. The van der Waals surface area contributed by atoms with Gasteiger partial charge in [-0.1, -0.05) is 18.2 Å². The van der Waals surface area contributed by atoms with Crippen molar-refractivity contribution in [3.8, 4) is 5.69 Å². The van der Waals surface area contributed by atoms with E-state index in [2.05, 4.69) is 4.98 Å². The monoisotopic (exact) mass is 454 g/mol. The van der Waals surface area contributed by atoms with Gasteiger partial charge in [-0.25, -0.2) is 27.9 Å². The molecule has 4 rings (SSSR count). The van der Waals surface area contributed by atoms with E-state index in [4.69, 9.17) is 4.74 Å². The van der Waals surface area contributed by atoms with Crippen LogP contribution in [0.25, 0.3) is 16.9 Å². The van der Waals surface area contributed by atoms with Gasteiger partial charge < -0.3 is 9.30 Å². The van der Waals surface area contributed by atoms with E-state index in [0.717, 1.165) is 21.3 Å². The molecule has 170 valence electrons. The smallest absolute Gasteiger partial charge is 0.337 e. The molecule has 0 aliphatic rings. The molecule has 0 amide bonds. The Morgan fingerprint density at radius 2 is 1.79 bits per heavy atom. The summed E-state index contributed by atoms with van der Waals surface area (Å²) in [6.07, 6.45) is 1.26. The average molecular weight is 454 g/mol. The van der Waals surface area contributed by atoms with Gasteiger partial charge >= 0.3 is 11.7 Å². The summed E-state index contributed by atoms with van der Waals surface area (Å²) in [5, 5.41) is 0. The number of fused-ring (bicyclic) bond motifs is 1. The molecule has 2 aromatic carbocycles. The molecule has 8 nitrogen and oxygen atoms in total. The highest BCUT2D eigenvalue weighted by Gasteiger charge is 2.25. The number of carbonyl (C=O) groups excluding carboxylic acids is 1. The third-order valence-corrected chi connectivity index (χ3v) is 5.27. The van der Waals surface area contributed by atoms with E-state index in [1.807, 2.05) is 0 Å². The standard InChI is InChI=1S/C23H20F2N4O4/c1-3-33-22(31)14(2)28-13-26-20-19(28)21(30)27(12-15-6-4-5-7-18(15)25)23(32)29(20)17-10-8-16(24)9-11-17/h4-11,13-14H,3,12H2,1-2H3/t14-/m1/s1. The van der Waals surface area contributed by atoms with Crippen LogP contribution >= 0.6 is 0 Å². The first-order valence-corrected chi connectivity index (χ1v) is 10.2. The van der Waals surface area contributed by atoms with Gasteiger partial charge in [-0.15, -0.1) is 0 Å². The molecule has 0 saturated carbocycles. The minimum absolute atomic E-state index is 0.0162.